The van der Waals surface area contributed by atoms with Crippen molar-refractivity contribution in [2.45, 2.75) is 45.6 Å². The van der Waals surface area contributed by atoms with Crippen LogP contribution in [-0.4, -0.2) is 46.4 Å². The minimum Gasteiger partial charge on any atom is -0.312 e. The van der Waals surface area contributed by atoms with Crippen molar-refractivity contribution in [1.29, 1.82) is 0 Å². The Morgan fingerprint density at radius 3 is 2.55 bits per heavy atom. The first kappa shape index (κ1) is 15.5. The Labute approximate surface area is 123 Å². The maximum atomic E-state index is 4.23. The molecule has 0 spiro atoms. The summed E-state index contributed by atoms with van der Waals surface area (Å²) in [6.45, 7) is 11.6. The lowest BCUT2D eigenvalue weighted by molar-refractivity contribution is 0.178. The molecule has 4 nitrogen and oxygen atoms in total. The van der Waals surface area contributed by atoms with Gasteiger partial charge in [-0.25, -0.2) is 0 Å². The fraction of sp³-hybridized carbons (Fsp3) is 0.812. The summed E-state index contributed by atoms with van der Waals surface area (Å²) in [6, 6.07) is 0. The average Bonchev–Trinajstić information content (AvgIpc) is 2.80. The van der Waals surface area contributed by atoms with Crippen molar-refractivity contribution >= 4 is 0 Å². The fourth-order valence-corrected chi connectivity index (χ4v) is 2.75. The lowest BCUT2D eigenvalue weighted by Crippen LogP contribution is -2.43. The van der Waals surface area contributed by atoms with Gasteiger partial charge in [0, 0.05) is 25.3 Å². The molecule has 1 aromatic heterocycles. The van der Waals surface area contributed by atoms with Crippen molar-refractivity contribution in [1.82, 2.24) is 20.0 Å². The normalized spacial score (nSPS) is 18.6. The molecule has 2 heterocycles. The van der Waals surface area contributed by atoms with Crippen molar-refractivity contribution in [2.75, 3.05) is 26.2 Å². The maximum Gasteiger partial charge on any atom is 0.0522 e. The molecule has 0 aliphatic carbocycles. The highest BCUT2D eigenvalue weighted by Gasteiger charge is 2.20. The lowest BCUT2D eigenvalue weighted by atomic mass is 9.95. The average molecular weight is 278 g/mol. The number of aryl methyl sites for hydroxylation is 1. The molecule has 20 heavy (non-hydrogen) atoms. The monoisotopic (exact) mass is 278 g/mol. The molecular formula is C16H30N4. The van der Waals surface area contributed by atoms with Gasteiger partial charge < -0.3 is 10.2 Å². The van der Waals surface area contributed by atoms with Crippen LogP contribution < -0.4 is 5.32 Å². The second-order valence-electron chi connectivity index (χ2n) is 7.19. The maximum absolute atomic E-state index is 4.23. The van der Waals surface area contributed by atoms with E-state index in [-0.39, 0.29) is 5.54 Å². The highest BCUT2D eigenvalue weighted by Crippen LogP contribution is 2.17. The molecule has 1 aliphatic heterocycles. The molecule has 0 aromatic carbocycles. The highest BCUT2D eigenvalue weighted by molar-refractivity contribution is 5.04. The molecule has 114 valence electrons. The summed E-state index contributed by atoms with van der Waals surface area (Å²) >= 11 is 0. The first-order valence-corrected chi connectivity index (χ1v) is 7.87. The molecule has 1 saturated heterocycles. The number of rotatable bonds is 5. The molecule has 1 aromatic rings. The van der Waals surface area contributed by atoms with Gasteiger partial charge in [0.2, 0.25) is 0 Å². The number of piperidine rings is 1. The van der Waals surface area contributed by atoms with E-state index < -0.39 is 0 Å². The Balaban J connectivity index is 1.64. The Morgan fingerprint density at radius 1 is 1.30 bits per heavy atom. The topological polar surface area (TPSA) is 33.1 Å². The van der Waals surface area contributed by atoms with Gasteiger partial charge in [-0.1, -0.05) is 0 Å². The summed E-state index contributed by atoms with van der Waals surface area (Å²) in [7, 11) is 1.98. The van der Waals surface area contributed by atoms with Crippen LogP contribution in [-0.2, 0) is 13.5 Å². The standard InChI is InChI=1S/C16H30N4/c1-16(2,3)17-11-14-5-8-20(9-6-14)10-7-15-12-18-19(4)13-15/h12-14,17H,5-11H2,1-4H3. The quantitative estimate of drug-likeness (QED) is 0.895. The first-order chi connectivity index (χ1) is 9.42. The zero-order valence-corrected chi connectivity index (χ0v) is 13.5. The number of nitrogens with zero attached hydrogens (tertiary/aromatic N) is 3. The van der Waals surface area contributed by atoms with E-state index in [1.54, 1.807) is 0 Å². The highest BCUT2D eigenvalue weighted by atomic mass is 15.2. The smallest absolute Gasteiger partial charge is 0.0522 e. The van der Waals surface area contributed by atoms with Crippen LogP contribution in [0.5, 0.6) is 0 Å². The van der Waals surface area contributed by atoms with Crippen LogP contribution in [0.3, 0.4) is 0 Å². The van der Waals surface area contributed by atoms with E-state index in [9.17, 15) is 0 Å². The molecule has 4 heteroatoms. The molecular weight excluding hydrogens is 248 g/mol. The first-order valence-electron chi connectivity index (χ1n) is 7.87. The zero-order chi connectivity index (χ0) is 14.6. The summed E-state index contributed by atoms with van der Waals surface area (Å²) in [4.78, 5) is 2.60. The molecule has 1 N–H and O–H groups in total. The van der Waals surface area contributed by atoms with Gasteiger partial charge in [0.25, 0.3) is 0 Å². The van der Waals surface area contributed by atoms with E-state index in [2.05, 4.69) is 42.3 Å². The Kier molecular flexibility index (Phi) is 5.22. The third kappa shape index (κ3) is 5.25. The van der Waals surface area contributed by atoms with Crippen LogP contribution in [0.4, 0.5) is 0 Å². The fourth-order valence-electron chi connectivity index (χ4n) is 2.75. The van der Waals surface area contributed by atoms with Crippen LogP contribution >= 0.6 is 0 Å². The van der Waals surface area contributed by atoms with Gasteiger partial charge in [-0.3, -0.25) is 4.68 Å². The van der Waals surface area contributed by atoms with Crippen LogP contribution in [0.2, 0.25) is 0 Å². The van der Waals surface area contributed by atoms with Crippen LogP contribution in [0.25, 0.3) is 0 Å². The molecule has 1 fully saturated rings. The Bertz CT molecular complexity index is 397. The van der Waals surface area contributed by atoms with Crippen molar-refractivity contribution in [3.63, 3.8) is 0 Å². The van der Waals surface area contributed by atoms with E-state index in [0.717, 1.165) is 12.3 Å². The van der Waals surface area contributed by atoms with Crippen molar-refractivity contribution < 1.29 is 0 Å². The number of hydrogen-bond acceptors (Lipinski definition) is 3. The Hall–Kier alpha value is -0.870. The molecule has 2 rings (SSSR count). The molecule has 0 atom stereocenters. The van der Waals surface area contributed by atoms with Crippen molar-refractivity contribution in [3.8, 4) is 0 Å². The molecule has 0 bridgehead atoms. The molecule has 0 amide bonds. The lowest BCUT2D eigenvalue weighted by Gasteiger charge is -2.33. The van der Waals surface area contributed by atoms with Gasteiger partial charge in [-0.05, 0) is 71.1 Å². The second kappa shape index (κ2) is 6.72. The van der Waals surface area contributed by atoms with E-state index in [0.29, 0.717) is 0 Å². The van der Waals surface area contributed by atoms with E-state index in [1.807, 2.05) is 17.9 Å². The molecule has 0 radical (unpaired) electrons. The SMILES string of the molecule is Cn1cc(CCN2CCC(CNC(C)(C)C)CC2)cn1. The molecule has 0 saturated carbocycles. The summed E-state index contributed by atoms with van der Waals surface area (Å²) < 4.78 is 1.89. The minimum atomic E-state index is 0.247. The summed E-state index contributed by atoms with van der Waals surface area (Å²) in [5.41, 5.74) is 1.60. The zero-order valence-electron chi connectivity index (χ0n) is 13.5. The number of aromatic nitrogens is 2. The van der Waals surface area contributed by atoms with E-state index in [4.69, 9.17) is 0 Å². The number of likely N-dealkylation sites (tertiary alicyclic amines) is 1. The minimum absolute atomic E-state index is 0.247. The molecule has 1 aliphatic rings. The predicted octanol–water partition coefficient (Wildman–Crippen LogP) is 2.06. The van der Waals surface area contributed by atoms with Gasteiger partial charge >= 0.3 is 0 Å². The number of nitrogens with one attached hydrogen (secondary N) is 1. The summed E-state index contributed by atoms with van der Waals surface area (Å²) in [6.07, 6.45) is 7.89. The summed E-state index contributed by atoms with van der Waals surface area (Å²) in [5.74, 6) is 0.851. The second-order valence-corrected chi connectivity index (χ2v) is 7.19. The third-order valence-corrected chi connectivity index (χ3v) is 4.10. The van der Waals surface area contributed by atoms with Crippen molar-refractivity contribution in [2.24, 2.45) is 13.0 Å². The Morgan fingerprint density at radius 2 is 2.00 bits per heavy atom. The summed E-state index contributed by atoms with van der Waals surface area (Å²) in [5, 5.41) is 7.87. The largest absolute Gasteiger partial charge is 0.312 e. The third-order valence-electron chi connectivity index (χ3n) is 4.10. The van der Waals surface area contributed by atoms with Gasteiger partial charge in [0.1, 0.15) is 0 Å². The van der Waals surface area contributed by atoms with Gasteiger partial charge in [0.05, 0.1) is 6.20 Å². The van der Waals surface area contributed by atoms with Crippen LogP contribution in [0.15, 0.2) is 12.4 Å². The van der Waals surface area contributed by atoms with Crippen molar-refractivity contribution in [3.05, 3.63) is 18.0 Å². The van der Waals surface area contributed by atoms with Gasteiger partial charge in [0.15, 0.2) is 0 Å². The van der Waals surface area contributed by atoms with Gasteiger partial charge in [-0.15, -0.1) is 0 Å². The number of hydrogen-bond donors (Lipinski definition) is 1. The van der Waals surface area contributed by atoms with Gasteiger partial charge in [-0.2, -0.15) is 5.10 Å². The molecule has 0 unspecified atom stereocenters. The van der Waals surface area contributed by atoms with E-state index in [1.165, 1.54) is 44.6 Å². The van der Waals surface area contributed by atoms with Crippen LogP contribution in [0, 0.1) is 5.92 Å². The van der Waals surface area contributed by atoms with Crippen LogP contribution in [0.1, 0.15) is 39.2 Å². The van der Waals surface area contributed by atoms with E-state index >= 15 is 0 Å². The predicted molar refractivity (Wildman–Crippen MR) is 83.8 cm³/mol.